The minimum Gasteiger partial charge on any atom is -0.493 e. The van der Waals surface area contributed by atoms with E-state index in [2.05, 4.69) is 5.32 Å². The normalized spacial score (nSPS) is 17.5. The Balaban J connectivity index is 1.68. The predicted molar refractivity (Wildman–Crippen MR) is 116 cm³/mol. The van der Waals surface area contributed by atoms with Gasteiger partial charge in [-0.15, -0.1) is 0 Å². The Morgan fingerprint density at radius 1 is 1.13 bits per heavy atom. The molecule has 0 aliphatic carbocycles. The van der Waals surface area contributed by atoms with Crippen molar-refractivity contribution in [2.75, 3.05) is 32.2 Å². The van der Waals surface area contributed by atoms with E-state index in [9.17, 15) is 18.0 Å². The summed E-state index contributed by atoms with van der Waals surface area (Å²) in [6.45, 7) is 1.62. The molecule has 2 amide bonds. The van der Waals surface area contributed by atoms with Gasteiger partial charge in [-0.05, 0) is 43.2 Å². The van der Waals surface area contributed by atoms with Crippen molar-refractivity contribution >= 4 is 27.3 Å². The third-order valence-electron chi connectivity index (χ3n) is 5.24. The first-order valence-corrected chi connectivity index (χ1v) is 11.4. The van der Waals surface area contributed by atoms with Crippen molar-refractivity contribution in [3.8, 4) is 11.5 Å². The van der Waals surface area contributed by atoms with Gasteiger partial charge in [0.2, 0.25) is 11.8 Å². The number of ether oxygens (including phenoxy) is 2. The molecule has 0 fully saturated rings. The highest BCUT2D eigenvalue weighted by atomic mass is 32.2. The Morgan fingerprint density at radius 2 is 1.84 bits per heavy atom. The first-order chi connectivity index (χ1) is 14.8. The number of carbonyl (C=O) groups excluding carboxylic acids is 2. The second kappa shape index (κ2) is 9.38. The summed E-state index contributed by atoms with van der Waals surface area (Å²) in [5, 5.41) is 1.95. The molecule has 0 spiro atoms. The van der Waals surface area contributed by atoms with Crippen molar-refractivity contribution in [3.63, 3.8) is 0 Å². The molecule has 3 rings (SSSR count). The van der Waals surface area contributed by atoms with E-state index in [0.717, 1.165) is 5.56 Å². The van der Waals surface area contributed by atoms with Crippen LogP contribution < -0.4 is 19.7 Å². The molecule has 1 unspecified atom stereocenters. The lowest BCUT2D eigenvalue weighted by Gasteiger charge is -2.21. The van der Waals surface area contributed by atoms with Crippen LogP contribution in [0.15, 0.2) is 47.4 Å². The molecule has 31 heavy (non-hydrogen) atoms. The molecule has 0 radical (unpaired) electrons. The SMILES string of the molecule is COc1ccc(CCNC(=O)CN2C(=O)CC(C)S(=O)(=O)c3ccccc32)cc1OC. The molecule has 0 saturated carbocycles. The quantitative estimate of drug-likeness (QED) is 0.698. The molecule has 2 aromatic carbocycles. The van der Waals surface area contributed by atoms with Crippen LogP contribution in [0.4, 0.5) is 5.69 Å². The van der Waals surface area contributed by atoms with Crippen LogP contribution in [-0.2, 0) is 25.8 Å². The molecule has 0 saturated heterocycles. The molecule has 1 aliphatic rings. The molecular formula is C22H26N2O6S. The number of nitrogens with one attached hydrogen (secondary N) is 1. The maximum Gasteiger partial charge on any atom is 0.240 e. The van der Waals surface area contributed by atoms with E-state index < -0.39 is 21.0 Å². The number of fused-ring (bicyclic) bond motifs is 1. The van der Waals surface area contributed by atoms with Gasteiger partial charge in [0.25, 0.3) is 0 Å². The highest BCUT2D eigenvalue weighted by Gasteiger charge is 2.36. The highest BCUT2D eigenvalue weighted by molar-refractivity contribution is 7.92. The summed E-state index contributed by atoms with van der Waals surface area (Å²) in [6.07, 6.45) is 0.387. The van der Waals surface area contributed by atoms with Gasteiger partial charge in [0.05, 0.1) is 30.1 Å². The lowest BCUT2D eigenvalue weighted by Crippen LogP contribution is -2.41. The van der Waals surface area contributed by atoms with Crippen LogP contribution in [0, 0.1) is 0 Å². The van der Waals surface area contributed by atoms with Gasteiger partial charge in [0.1, 0.15) is 6.54 Å². The lowest BCUT2D eigenvalue weighted by atomic mass is 10.1. The molecule has 0 bridgehead atoms. The number of hydrogen-bond donors (Lipinski definition) is 1. The molecule has 8 nitrogen and oxygen atoms in total. The topological polar surface area (TPSA) is 102 Å². The first kappa shape index (κ1) is 22.6. The second-order valence-corrected chi connectivity index (χ2v) is 9.63. The molecule has 1 atom stereocenters. The van der Waals surface area contributed by atoms with Crippen LogP contribution in [0.2, 0.25) is 0 Å². The summed E-state index contributed by atoms with van der Waals surface area (Å²) >= 11 is 0. The van der Waals surface area contributed by atoms with Crippen molar-refractivity contribution < 1.29 is 27.5 Å². The van der Waals surface area contributed by atoms with Crippen molar-refractivity contribution in [2.24, 2.45) is 0 Å². The Hall–Kier alpha value is -3.07. The van der Waals surface area contributed by atoms with Crippen molar-refractivity contribution in [3.05, 3.63) is 48.0 Å². The molecule has 166 valence electrons. The van der Waals surface area contributed by atoms with E-state index >= 15 is 0 Å². The van der Waals surface area contributed by atoms with Crippen molar-refractivity contribution in [1.29, 1.82) is 0 Å². The number of anilines is 1. The van der Waals surface area contributed by atoms with Crippen LogP contribution in [0.1, 0.15) is 18.9 Å². The second-order valence-electron chi connectivity index (χ2n) is 7.30. The third-order valence-corrected chi connectivity index (χ3v) is 7.43. The van der Waals surface area contributed by atoms with Gasteiger partial charge in [-0.25, -0.2) is 8.42 Å². The average Bonchev–Trinajstić information content (AvgIpc) is 2.83. The summed E-state index contributed by atoms with van der Waals surface area (Å²) in [4.78, 5) is 26.6. The van der Waals surface area contributed by atoms with Gasteiger partial charge in [-0.1, -0.05) is 18.2 Å². The number of amides is 2. The highest BCUT2D eigenvalue weighted by Crippen LogP contribution is 2.33. The minimum absolute atomic E-state index is 0.0754. The van der Waals surface area contributed by atoms with E-state index in [1.807, 2.05) is 12.1 Å². The zero-order valence-electron chi connectivity index (χ0n) is 17.8. The molecule has 9 heteroatoms. The Morgan fingerprint density at radius 3 is 2.55 bits per heavy atom. The maximum absolute atomic E-state index is 12.7. The van der Waals surface area contributed by atoms with Gasteiger partial charge in [0, 0.05) is 13.0 Å². The van der Waals surface area contributed by atoms with Gasteiger partial charge in [0.15, 0.2) is 21.3 Å². The third kappa shape index (κ3) is 4.82. The Bertz CT molecular complexity index is 1080. The van der Waals surface area contributed by atoms with Gasteiger partial charge >= 0.3 is 0 Å². The zero-order valence-corrected chi connectivity index (χ0v) is 18.6. The molecular weight excluding hydrogens is 420 g/mol. The van der Waals surface area contributed by atoms with E-state index in [1.165, 1.54) is 17.9 Å². The number of para-hydroxylation sites is 1. The molecule has 1 N–H and O–H groups in total. The fourth-order valence-corrected chi connectivity index (χ4v) is 5.03. The van der Waals surface area contributed by atoms with E-state index in [1.54, 1.807) is 38.5 Å². The Kier molecular flexibility index (Phi) is 6.84. The van der Waals surface area contributed by atoms with Crippen molar-refractivity contribution in [2.45, 2.75) is 29.9 Å². The molecule has 0 aromatic heterocycles. The number of carbonyl (C=O) groups is 2. The zero-order chi connectivity index (χ0) is 22.6. The fourth-order valence-electron chi connectivity index (χ4n) is 3.49. The summed E-state index contributed by atoms with van der Waals surface area (Å²) < 4.78 is 36.0. The maximum atomic E-state index is 12.7. The number of sulfone groups is 1. The van der Waals surface area contributed by atoms with E-state index in [-0.39, 0.29) is 29.5 Å². The molecule has 2 aromatic rings. The van der Waals surface area contributed by atoms with Crippen LogP contribution in [0.25, 0.3) is 0 Å². The summed E-state index contributed by atoms with van der Waals surface area (Å²) in [5.74, 6) is 0.470. The lowest BCUT2D eigenvalue weighted by molar-refractivity contribution is -0.123. The predicted octanol–water partition coefficient (Wildman–Crippen LogP) is 1.96. The smallest absolute Gasteiger partial charge is 0.240 e. The largest absolute Gasteiger partial charge is 0.493 e. The van der Waals surface area contributed by atoms with E-state index in [0.29, 0.717) is 24.5 Å². The fraction of sp³-hybridized carbons (Fsp3) is 0.364. The molecule has 1 aliphatic heterocycles. The minimum atomic E-state index is -3.64. The van der Waals surface area contributed by atoms with Crippen LogP contribution in [0.5, 0.6) is 11.5 Å². The Labute approximate surface area is 182 Å². The number of rotatable bonds is 7. The number of hydrogen-bond acceptors (Lipinski definition) is 6. The van der Waals surface area contributed by atoms with Crippen LogP contribution in [0.3, 0.4) is 0 Å². The van der Waals surface area contributed by atoms with Crippen LogP contribution >= 0.6 is 0 Å². The summed E-state index contributed by atoms with van der Waals surface area (Å²) in [5.41, 5.74) is 1.20. The monoisotopic (exact) mass is 446 g/mol. The molecule has 1 heterocycles. The summed E-state index contributed by atoms with van der Waals surface area (Å²) in [6, 6.07) is 11.8. The van der Waals surface area contributed by atoms with Crippen molar-refractivity contribution in [1.82, 2.24) is 5.32 Å². The first-order valence-electron chi connectivity index (χ1n) is 9.88. The summed E-state index contributed by atoms with van der Waals surface area (Å²) in [7, 11) is -0.523. The van der Waals surface area contributed by atoms with Crippen LogP contribution in [-0.4, -0.2) is 52.8 Å². The number of nitrogens with zero attached hydrogens (tertiary/aromatic N) is 1. The number of methoxy groups -OCH3 is 2. The average molecular weight is 447 g/mol. The van der Waals surface area contributed by atoms with Gasteiger partial charge in [-0.2, -0.15) is 0 Å². The van der Waals surface area contributed by atoms with Gasteiger partial charge in [-0.3, -0.25) is 9.59 Å². The number of benzene rings is 2. The van der Waals surface area contributed by atoms with Gasteiger partial charge < -0.3 is 19.7 Å². The standard InChI is InChI=1S/C22H26N2O6S/c1-15-12-22(26)24(17-6-4-5-7-20(17)31(15,27)28)14-21(25)23-11-10-16-8-9-18(29-2)19(13-16)30-3/h4-9,13,15H,10-12,14H2,1-3H3,(H,23,25). The van der Waals surface area contributed by atoms with E-state index in [4.69, 9.17) is 9.47 Å².